The molecule has 0 saturated carbocycles. The van der Waals surface area contributed by atoms with Crippen molar-refractivity contribution in [1.82, 2.24) is 14.6 Å². The van der Waals surface area contributed by atoms with Gasteiger partial charge in [-0.15, -0.1) is 13.2 Å². The van der Waals surface area contributed by atoms with Crippen molar-refractivity contribution in [2.45, 2.75) is 6.36 Å². The van der Waals surface area contributed by atoms with E-state index in [2.05, 4.69) is 14.8 Å². The molecule has 0 aliphatic carbocycles. The number of hydrogen-bond donors (Lipinski definition) is 0. The number of alkyl halides is 3. The van der Waals surface area contributed by atoms with E-state index in [1.54, 1.807) is 29.0 Å². The van der Waals surface area contributed by atoms with Crippen molar-refractivity contribution in [3.05, 3.63) is 42.7 Å². The lowest BCUT2D eigenvalue weighted by molar-refractivity contribution is -0.274. The minimum atomic E-state index is -4.75. The Kier molecular flexibility index (Phi) is 3.36. The van der Waals surface area contributed by atoms with E-state index >= 15 is 0 Å². The van der Waals surface area contributed by atoms with Crippen LogP contribution in [0.5, 0.6) is 11.5 Å². The van der Waals surface area contributed by atoms with Gasteiger partial charge < -0.3 is 9.47 Å². The fourth-order valence-electron chi connectivity index (χ4n) is 2.04. The maximum atomic E-state index is 12.3. The van der Waals surface area contributed by atoms with Gasteiger partial charge in [-0.25, -0.2) is 9.50 Å². The summed E-state index contributed by atoms with van der Waals surface area (Å²) in [5.41, 5.74) is 1.74. The number of hydrogen-bond acceptors (Lipinski definition) is 4. The number of methoxy groups -OCH3 is 1. The van der Waals surface area contributed by atoms with Gasteiger partial charge in [-0.05, 0) is 18.2 Å². The molecule has 8 heteroatoms. The van der Waals surface area contributed by atoms with Gasteiger partial charge in [-0.3, -0.25) is 0 Å². The summed E-state index contributed by atoms with van der Waals surface area (Å²) in [6.07, 6.45) is -1.44. The minimum Gasteiger partial charge on any atom is -0.496 e. The van der Waals surface area contributed by atoms with Gasteiger partial charge in [-0.2, -0.15) is 5.10 Å². The summed E-state index contributed by atoms with van der Waals surface area (Å²) < 4.78 is 47.4. The highest BCUT2D eigenvalue weighted by Gasteiger charge is 2.31. The van der Waals surface area contributed by atoms with Crippen LogP contribution in [-0.4, -0.2) is 28.1 Å². The molecule has 2 heterocycles. The van der Waals surface area contributed by atoms with Crippen LogP contribution in [0.1, 0.15) is 0 Å². The summed E-state index contributed by atoms with van der Waals surface area (Å²) >= 11 is 0. The van der Waals surface area contributed by atoms with Crippen LogP contribution < -0.4 is 9.47 Å². The molecule has 0 radical (unpaired) electrons. The first-order valence-electron chi connectivity index (χ1n) is 6.21. The van der Waals surface area contributed by atoms with Gasteiger partial charge in [0.05, 0.1) is 19.0 Å². The molecule has 0 saturated heterocycles. The fraction of sp³-hybridized carbons (Fsp3) is 0.143. The van der Waals surface area contributed by atoms with Crippen molar-refractivity contribution in [3.63, 3.8) is 0 Å². The molecule has 0 unspecified atom stereocenters. The lowest BCUT2D eigenvalue weighted by Gasteiger charge is -2.12. The van der Waals surface area contributed by atoms with Crippen LogP contribution in [0.4, 0.5) is 13.2 Å². The molecule has 0 bridgehead atoms. The lowest BCUT2D eigenvalue weighted by atomic mass is 10.1. The topological polar surface area (TPSA) is 48.7 Å². The van der Waals surface area contributed by atoms with E-state index in [1.807, 2.05) is 0 Å². The predicted octanol–water partition coefficient (Wildman–Crippen LogP) is 3.30. The third-order valence-electron chi connectivity index (χ3n) is 2.94. The van der Waals surface area contributed by atoms with E-state index < -0.39 is 6.36 Å². The Labute approximate surface area is 122 Å². The number of rotatable bonds is 3. The zero-order valence-corrected chi connectivity index (χ0v) is 11.3. The Bertz CT molecular complexity index is 814. The van der Waals surface area contributed by atoms with Crippen LogP contribution in [0.25, 0.3) is 16.9 Å². The Balaban J connectivity index is 2.02. The van der Waals surface area contributed by atoms with E-state index in [9.17, 15) is 13.2 Å². The van der Waals surface area contributed by atoms with Crippen molar-refractivity contribution >= 4 is 5.65 Å². The van der Waals surface area contributed by atoms with E-state index in [0.29, 0.717) is 16.9 Å². The molecule has 114 valence electrons. The molecule has 0 aliphatic heterocycles. The summed E-state index contributed by atoms with van der Waals surface area (Å²) in [4.78, 5) is 4.38. The minimum absolute atomic E-state index is 0.234. The highest BCUT2D eigenvalue weighted by Crippen LogP contribution is 2.34. The first-order valence-corrected chi connectivity index (χ1v) is 6.21. The standard InChI is InChI=1S/C14H10F3N3O2/c1-21-12-8-9(22-14(15,16)17)2-3-10(12)11-5-7-20-13(19-11)4-6-18-20/h2-8H,1H3. The molecule has 22 heavy (non-hydrogen) atoms. The molecule has 2 aromatic heterocycles. The zero-order chi connectivity index (χ0) is 15.7. The molecular formula is C14H10F3N3O2. The first-order chi connectivity index (χ1) is 10.5. The van der Waals surface area contributed by atoms with E-state index in [0.717, 1.165) is 0 Å². The van der Waals surface area contributed by atoms with Crippen LogP contribution in [0.15, 0.2) is 42.7 Å². The molecule has 3 rings (SSSR count). The smallest absolute Gasteiger partial charge is 0.496 e. The van der Waals surface area contributed by atoms with Crippen LogP contribution in [0.2, 0.25) is 0 Å². The summed E-state index contributed by atoms with van der Waals surface area (Å²) in [7, 11) is 1.37. The van der Waals surface area contributed by atoms with Crippen molar-refractivity contribution in [2.24, 2.45) is 0 Å². The molecule has 1 aromatic carbocycles. The van der Waals surface area contributed by atoms with E-state index in [-0.39, 0.29) is 11.5 Å². The van der Waals surface area contributed by atoms with Crippen LogP contribution in [0, 0.1) is 0 Å². The Morgan fingerprint density at radius 1 is 1.14 bits per heavy atom. The average Bonchev–Trinajstić information content (AvgIpc) is 2.92. The molecule has 0 atom stereocenters. The molecule has 3 aromatic rings. The summed E-state index contributed by atoms with van der Waals surface area (Å²) in [5.74, 6) is -0.114. The number of fused-ring (bicyclic) bond motifs is 1. The number of halogens is 3. The summed E-state index contributed by atoms with van der Waals surface area (Å²) in [6.45, 7) is 0. The monoisotopic (exact) mass is 309 g/mol. The largest absolute Gasteiger partial charge is 0.573 e. The second kappa shape index (κ2) is 5.21. The quantitative estimate of drug-likeness (QED) is 0.745. The Hall–Kier alpha value is -2.77. The van der Waals surface area contributed by atoms with Crippen molar-refractivity contribution in [3.8, 4) is 22.8 Å². The number of nitrogens with zero attached hydrogens (tertiary/aromatic N) is 3. The van der Waals surface area contributed by atoms with Crippen molar-refractivity contribution in [2.75, 3.05) is 7.11 Å². The van der Waals surface area contributed by atoms with E-state index in [4.69, 9.17) is 4.74 Å². The molecule has 0 N–H and O–H groups in total. The van der Waals surface area contributed by atoms with Gasteiger partial charge >= 0.3 is 6.36 Å². The zero-order valence-electron chi connectivity index (χ0n) is 11.3. The first kappa shape index (κ1) is 14.2. The molecule has 0 spiro atoms. The van der Waals surface area contributed by atoms with Crippen molar-refractivity contribution in [1.29, 1.82) is 0 Å². The third kappa shape index (κ3) is 2.80. The molecule has 5 nitrogen and oxygen atoms in total. The predicted molar refractivity (Wildman–Crippen MR) is 71.7 cm³/mol. The van der Waals surface area contributed by atoms with E-state index in [1.165, 1.54) is 25.3 Å². The third-order valence-corrected chi connectivity index (χ3v) is 2.94. The van der Waals surface area contributed by atoms with Crippen LogP contribution in [-0.2, 0) is 0 Å². The number of ether oxygens (including phenoxy) is 2. The molecule has 0 aliphatic rings. The highest BCUT2D eigenvalue weighted by atomic mass is 19.4. The van der Waals surface area contributed by atoms with Gasteiger partial charge in [0, 0.05) is 23.9 Å². The summed E-state index contributed by atoms with van der Waals surface area (Å²) in [5, 5.41) is 4.03. The maximum absolute atomic E-state index is 12.3. The van der Waals surface area contributed by atoms with Gasteiger partial charge in [0.15, 0.2) is 5.65 Å². The molecule has 0 fully saturated rings. The van der Waals surface area contributed by atoms with Crippen molar-refractivity contribution < 1.29 is 22.6 Å². The highest BCUT2D eigenvalue weighted by molar-refractivity contribution is 5.69. The molecule has 0 amide bonds. The summed E-state index contributed by atoms with van der Waals surface area (Å²) in [6, 6.07) is 7.27. The molecular weight excluding hydrogens is 299 g/mol. The van der Waals surface area contributed by atoms with Gasteiger partial charge in [0.25, 0.3) is 0 Å². The van der Waals surface area contributed by atoms with Crippen LogP contribution in [0.3, 0.4) is 0 Å². The normalized spacial score (nSPS) is 11.6. The average molecular weight is 309 g/mol. The second-order valence-electron chi connectivity index (χ2n) is 4.36. The fourth-order valence-corrected chi connectivity index (χ4v) is 2.04. The maximum Gasteiger partial charge on any atom is 0.573 e. The number of aromatic nitrogens is 3. The Morgan fingerprint density at radius 3 is 2.68 bits per heavy atom. The SMILES string of the molecule is COc1cc(OC(F)(F)F)ccc1-c1ccn2nccc2n1. The van der Waals surface area contributed by atoms with Gasteiger partial charge in [0.2, 0.25) is 0 Å². The van der Waals surface area contributed by atoms with Crippen LogP contribution >= 0.6 is 0 Å². The Morgan fingerprint density at radius 2 is 1.95 bits per heavy atom. The lowest BCUT2D eigenvalue weighted by Crippen LogP contribution is -2.17. The van der Waals surface area contributed by atoms with Gasteiger partial charge in [-0.1, -0.05) is 0 Å². The second-order valence-corrected chi connectivity index (χ2v) is 4.36. The van der Waals surface area contributed by atoms with Gasteiger partial charge in [0.1, 0.15) is 11.5 Å². The number of benzene rings is 1.